The number of thioether (sulfide) groups is 1. The Kier molecular flexibility index (Phi) is 7.22. The van der Waals surface area contributed by atoms with Gasteiger partial charge in [-0.3, -0.25) is 9.69 Å². The Bertz CT molecular complexity index is 1580. The number of nitrogens with zero attached hydrogens (tertiary/aromatic N) is 3. The van der Waals surface area contributed by atoms with Crippen LogP contribution in [0.2, 0.25) is 0 Å². The molecule has 37 heavy (non-hydrogen) atoms. The van der Waals surface area contributed by atoms with E-state index in [1.165, 1.54) is 17.8 Å². The smallest absolute Gasteiger partial charge is 0.266 e. The molecular formula is C29H25BrFN3O2S. The second-order valence-electron chi connectivity index (χ2n) is 8.81. The molecule has 3 aromatic carbocycles. The van der Waals surface area contributed by atoms with E-state index in [0.717, 1.165) is 37.8 Å². The van der Waals surface area contributed by atoms with Gasteiger partial charge >= 0.3 is 0 Å². The van der Waals surface area contributed by atoms with E-state index in [9.17, 15) is 9.18 Å². The number of aryl methyl sites for hydroxylation is 1. The summed E-state index contributed by atoms with van der Waals surface area (Å²) in [5, 5.41) is 1.65. The molecule has 0 N–H and O–H groups in total. The van der Waals surface area contributed by atoms with E-state index in [2.05, 4.69) is 33.5 Å². The zero-order valence-corrected chi connectivity index (χ0v) is 23.1. The minimum Gasteiger partial charge on any atom is -0.489 e. The predicted molar refractivity (Wildman–Crippen MR) is 153 cm³/mol. The van der Waals surface area contributed by atoms with Gasteiger partial charge in [0.1, 0.15) is 6.61 Å². The normalized spacial score (nSPS) is 15.9. The van der Waals surface area contributed by atoms with Gasteiger partial charge < -0.3 is 9.30 Å². The molecule has 0 atom stereocenters. The molecule has 0 bridgehead atoms. The monoisotopic (exact) mass is 577 g/mol. The Balaban J connectivity index is 1.44. The van der Waals surface area contributed by atoms with Gasteiger partial charge in [-0.25, -0.2) is 9.38 Å². The number of halogens is 2. The highest BCUT2D eigenvalue weighted by Gasteiger charge is 2.31. The van der Waals surface area contributed by atoms with Crippen LogP contribution in [-0.4, -0.2) is 34.2 Å². The molecule has 0 unspecified atom stereocenters. The lowest BCUT2D eigenvalue weighted by Crippen LogP contribution is -2.23. The molecular weight excluding hydrogens is 553 g/mol. The molecule has 5 nitrogen and oxygen atoms in total. The number of amides is 1. The second-order valence-corrected chi connectivity index (χ2v) is 10.7. The third-order valence-electron chi connectivity index (χ3n) is 6.38. The number of para-hydroxylation sites is 1. The number of benzene rings is 3. The summed E-state index contributed by atoms with van der Waals surface area (Å²) in [6.07, 6.45) is 3.92. The third-order valence-corrected chi connectivity index (χ3v) is 7.94. The first-order chi connectivity index (χ1) is 17.8. The van der Waals surface area contributed by atoms with Crippen LogP contribution in [0.25, 0.3) is 17.0 Å². The number of aromatic nitrogens is 1. The van der Waals surface area contributed by atoms with Gasteiger partial charge in [0.05, 0.1) is 17.1 Å². The number of ether oxygens (including phenoxy) is 1. The fourth-order valence-corrected chi connectivity index (χ4v) is 5.50. The highest BCUT2D eigenvalue weighted by Crippen LogP contribution is 2.36. The van der Waals surface area contributed by atoms with E-state index in [4.69, 9.17) is 9.73 Å². The molecule has 0 aliphatic carbocycles. The van der Waals surface area contributed by atoms with E-state index in [1.54, 1.807) is 30.1 Å². The Morgan fingerprint density at radius 2 is 1.92 bits per heavy atom. The largest absolute Gasteiger partial charge is 0.489 e. The van der Waals surface area contributed by atoms with Gasteiger partial charge in [-0.15, -0.1) is 0 Å². The van der Waals surface area contributed by atoms with Crippen molar-refractivity contribution in [3.63, 3.8) is 0 Å². The van der Waals surface area contributed by atoms with E-state index in [1.807, 2.05) is 49.5 Å². The quantitative estimate of drug-likeness (QED) is 0.223. The topological polar surface area (TPSA) is 46.8 Å². The van der Waals surface area contributed by atoms with Gasteiger partial charge in [0.25, 0.3) is 5.91 Å². The van der Waals surface area contributed by atoms with Crippen molar-refractivity contribution in [3.8, 4) is 5.75 Å². The molecule has 4 aromatic rings. The number of rotatable bonds is 6. The van der Waals surface area contributed by atoms with Crippen LogP contribution in [0.15, 0.2) is 81.2 Å². The first-order valence-electron chi connectivity index (χ1n) is 11.8. The Labute approximate surface area is 227 Å². The third kappa shape index (κ3) is 5.22. The fourth-order valence-electron chi connectivity index (χ4n) is 4.17. The number of hydrogen-bond donors (Lipinski definition) is 0. The number of carbonyl (C=O) groups excluding carboxylic acids is 1. The average Bonchev–Trinajstić information content (AvgIpc) is 3.34. The number of likely N-dealkylation sites (N-methyl/N-ethyl adjacent to an activating group) is 1. The molecule has 1 fully saturated rings. The van der Waals surface area contributed by atoms with Crippen molar-refractivity contribution in [3.05, 3.63) is 98.7 Å². The van der Waals surface area contributed by atoms with Crippen molar-refractivity contribution in [1.82, 2.24) is 9.47 Å². The summed E-state index contributed by atoms with van der Waals surface area (Å²) in [6.45, 7) is 4.92. The van der Waals surface area contributed by atoms with Crippen LogP contribution in [0.4, 0.5) is 10.1 Å². The van der Waals surface area contributed by atoms with Gasteiger partial charge in [0, 0.05) is 34.2 Å². The first-order valence-corrected chi connectivity index (χ1v) is 13.4. The fraction of sp³-hybridized carbons (Fsp3) is 0.172. The van der Waals surface area contributed by atoms with Crippen LogP contribution < -0.4 is 4.74 Å². The van der Waals surface area contributed by atoms with Crippen LogP contribution in [0.3, 0.4) is 0 Å². The summed E-state index contributed by atoms with van der Waals surface area (Å²) >= 11 is 4.93. The van der Waals surface area contributed by atoms with Gasteiger partial charge in [-0.05, 0) is 79.2 Å². The summed E-state index contributed by atoms with van der Waals surface area (Å²) in [5.41, 5.74) is 5.03. The van der Waals surface area contributed by atoms with Crippen molar-refractivity contribution >= 4 is 61.4 Å². The molecule has 1 saturated heterocycles. The molecule has 1 aliphatic heterocycles. The summed E-state index contributed by atoms with van der Waals surface area (Å²) in [4.78, 5) is 20.1. The van der Waals surface area contributed by atoms with Gasteiger partial charge in [-0.2, -0.15) is 0 Å². The molecule has 0 spiro atoms. The SMILES string of the molecule is Cc1cccc(N=C2S/C(=C\c3cn(CCOc4ccccc4F)c4ccc(Br)cc34)C(=O)N2C)c1C. The minimum atomic E-state index is -0.381. The van der Waals surface area contributed by atoms with Crippen LogP contribution >= 0.6 is 27.7 Å². The zero-order valence-electron chi connectivity index (χ0n) is 20.7. The van der Waals surface area contributed by atoms with E-state index in [0.29, 0.717) is 23.2 Å². The van der Waals surface area contributed by atoms with E-state index < -0.39 is 0 Å². The molecule has 2 heterocycles. The highest BCUT2D eigenvalue weighted by molar-refractivity contribution is 9.10. The summed E-state index contributed by atoms with van der Waals surface area (Å²) < 4.78 is 22.6. The second kappa shape index (κ2) is 10.6. The Morgan fingerprint density at radius 1 is 1.11 bits per heavy atom. The van der Waals surface area contributed by atoms with Gasteiger partial charge in [0.15, 0.2) is 16.7 Å². The summed E-state index contributed by atoms with van der Waals surface area (Å²) in [5.74, 6) is -0.239. The van der Waals surface area contributed by atoms with Crippen LogP contribution in [0.1, 0.15) is 16.7 Å². The maximum absolute atomic E-state index is 13.9. The molecule has 1 aliphatic rings. The first kappa shape index (κ1) is 25.3. The lowest BCUT2D eigenvalue weighted by atomic mass is 10.1. The van der Waals surface area contributed by atoms with Crippen molar-refractivity contribution < 1.29 is 13.9 Å². The number of hydrogen-bond acceptors (Lipinski definition) is 4. The summed E-state index contributed by atoms with van der Waals surface area (Å²) in [6, 6.07) is 18.4. The van der Waals surface area contributed by atoms with Gasteiger partial charge in [0.2, 0.25) is 0 Å². The highest BCUT2D eigenvalue weighted by atomic mass is 79.9. The molecule has 1 aromatic heterocycles. The van der Waals surface area contributed by atoms with Crippen molar-refractivity contribution in [1.29, 1.82) is 0 Å². The standard InChI is InChI=1S/C29H25BrFN3O2S/c1-18-7-6-9-24(19(18)2)32-29-33(3)28(35)27(37-29)15-20-17-34(25-12-11-21(30)16-22(20)25)13-14-36-26-10-5-4-8-23(26)31/h4-12,15-17H,13-14H2,1-3H3/b27-15-,32-29?. The van der Waals surface area contributed by atoms with Crippen molar-refractivity contribution in [2.75, 3.05) is 13.7 Å². The van der Waals surface area contributed by atoms with Crippen molar-refractivity contribution in [2.24, 2.45) is 4.99 Å². The minimum absolute atomic E-state index is 0.0900. The Morgan fingerprint density at radius 3 is 2.73 bits per heavy atom. The van der Waals surface area contributed by atoms with Crippen molar-refractivity contribution in [2.45, 2.75) is 20.4 Å². The number of aliphatic imine (C=N–C) groups is 1. The maximum atomic E-state index is 13.9. The van der Waals surface area contributed by atoms with E-state index >= 15 is 0 Å². The molecule has 188 valence electrons. The molecule has 1 amide bonds. The summed E-state index contributed by atoms with van der Waals surface area (Å²) in [7, 11) is 1.75. The molecule has 0 radical (unpaired) electrons. The predicted octanol–water partition coefficient (Wildman–Crippen LogP) is 7.47. The number of fused-ring (bicyclic) bond motifs is 1. The van der Waals surface area contributed by atoms with Crippen LogP contribution in [0.5, 0.6) is 5.75 Å². The lowest BCUT2D eigenvalue weighted by molar-refractivity contribution is -0.121. The van der Waals surface area contributed by atoms with E-state index in [-0.39, 0.29) is 17.5 Å². The Hall–Kier alpha value is -3.36. The van der Waals surface area contributed by atoms with Gasteiger partial charge in [-0.1, -0.05) is 40.2 Å². The molecule has 5 rings (SSSR count). The van der Waals surface area contributed by atoms with Crippen LogP contribution in [0, 0.1) is 19.7 Å². The average molecular weight is 579 g/mol. The molecule has 8 heteroatoms. The molecule has 0 saturated carbocycles. The number of amidine groups is 1. The lowest BCUT2D eigenvalue weighted by Gasteiger charge is -2.09. The zero-order chi connectivity index (χ0) is 26.1. The maximum Gasteiger partial charge on any atom is 0.266 e. The number of carbonyl (C=O) groups is 1. The van der Waals surface area contributed by atoms with Crippen LogP contribution in [-0.2, 0) is 11.3 Å².